The average molecular weight is 435 g/mol. The number of likely N-dealkylation sites (tertiary alicyclic amines) is 2. The molecule has 0 radical (unpaired) electrons. The predicted octanol–water partition coefficient (Wildman–Crippen LogP) is 4.23. The lowest BCUT2D eigenvalue weighted by Gasteiger charge is -2.32. The largest absolute Gasteiger partial charge is 0.352 e. The number of hydrogen-bond acceptors (Lipinski definition) is 3. The highest BCUT2D eigenvalue weighted by molar-refractivity contribution is 5.90. The molecule has 0 saturated carbocycles. The van der Waals surface area contributed by atoms with E-state index in [1.807, 2.05) is 36.4 Å². The van der Waals surface area contributed by atoms with Crippen molar-refractivity contribution in [2.24, 2.45) is 5.92 Å². The first-order chi connectivity index (χ1) is 15.7. The first kappa shape index (κ1) is 22.3. The van der Waals surface area contributed by atoms with E-state index in [1.165, 1.54) is 30.4 Å². The molecule has 170 valence electrons. The van der Waals surface area contributed by atoms with Gasteiger partial charge in [0.15, 0.2) is 0 Å². The summed E-state index contributed by atoms with van der Waals surface area (Å²) in [6.45, 7) is 4.94. The van der Waals surface area contributed by atoms with E-state index in [0.717, 1.165) is 38.2 Å². The van der Waals surface area contributed by atoms with E-state index < -0.39 is 0 Å². The second-order valence-electron chi connectivity index (χ2n) is 8.90. The van der Waals surface area contributed by atoms with Gasteiger partial charge in [-0.2, -0.15) is 0 Å². The summed E-state index contributed by atoms with van der Waals surface area (Å²) in [4.78, 5) is 29.8. The number of urea groups is 1. The number of piperidine rings is 2. The van der Waals surface area contributed by atoms with Crippen LogP contribution in [0.5, 0.6) is 0 Å². The molecule has 0 unspecified atom stereocenters. The second kappa shape index (κ2) is 11.1. The van der Waals surface area contributed by atoms with Crippen LogP contribution in [0.3, 0.4) is 0 Å². The van der Waals surface area contributed by atoms with Gasteiger partial charge in [0.25, 0.3) is 0 Å². The molecule has 32 heavy (non-hydrogen) atoms. The van der Waals surface area contributed by atoms with Crippen LogP contribution in [0, 0.1) is 5.92 Å². The third-order valence-corrected chi connectivity index (χ3v) is 6.52. The van der Waals surface area contributed by atoms with Gasteiger partial charge in [0.2, 0.25) is 5.91 Å². The van der Waals surface area contributed by atoms with E-state index in [9.17, 15) is 9.59 Å². The van der Waals surface area contributed by atoms with Crippen LogP contribution in [0.2, 0.25) is 0 Å². The number of carbonyl (C=O) groups is 2. The Hall–Kier alpha value is -2.86. The third-order valence-electron chi connectivity index (χ3n) is 6.52. The molecule has 2 N–H and O–H groups in total. The first-order valence-electron chi connectivity index (χ1n) is 11.9. The molecule has 0 aromatic heterocycles. The molecule has 0 spiro atoms. The van der Waals surface area contributed by atoms with Gasteiger partial charge in [-0.1, -0.05) is 48.9 Å². The lowest BCUT2D eigenvalue weighted by molar-refractivity contribution is -0.126. The first-order valence-corrected chi connectivity index (χ1v) is 11.9. The van der Waals surface area contributed by atoms with Crippen molar-refractivity contribution in [3.63, 3.8) is 0 Å². The Labute approximate surface area is 191 Å². The predicted molar refractivity (Wildman–Crippen MR) is 127 cm³/mol. The van der Waals surface area contributed by atoms with Crippen LogP contribution in [0.25, 0.3) is 0 Å². The minimum absolute atomic E-state index is 0.0370. The zero-order valence-corrected chi connectivity index (χ0v) is 18.8. The fourth-order valence-corrected chi connectivity index (χ4v) is 4.67. The highest BCUT2D eigenvalue weighted by Gasteiger charge is 2.28. The molecule has 2 aromatic rings. The number of benzene rings is 2. The van der Waals surface area contributed by atoms with Crippen molar-refractivity contribution >= 4 is 17.6 Å². The Morgan fingerprint density at radius 3 is 2.34 bits per heavy atom. The smallest absolute Gasteiger partial charge is 0.321 e. The van der Waals surface area contributed by atoms with Gasteiger partial charge in [-0.25, -0.2) is 4.79 Å². The number of nitrogens with one attached hydrogen (secondary N) is 2. The molecule has 2 saturated heterocycles. The standard InChI is InChI=1S/C26H34N4O2/c31-25(23-12-9-17-30(20-23)26(32)28-24-13-3-1-4-14-24)27-18-21-10-5-6-11-22(21)19-29-15-7-2-8-16-29/h1,3-6,10-11,13-14,23H,2,7-9,12,15-20H2,(H,27,31)(H,28,32)/t23-/m1/s1. The van der Waals surface area contributed by atoms with Crippen molar-refractivity contribution in [3.05, 3.63) is 65.7 Å². The highest BCUT2D eigenvalue weighted by Crippen LogP contribution is 2.20. The van der Waals surface area contributed by atoms with Crippen molar-refractivity contribution in [2.75, 3.05) is 31.5 Å². The van der Waals surface area contributed by atoms with Crippen molar-refractivity contribution < 1.29 is 9.59 Å². The van der Waals surface area contributed by atoms with Gasteiger partial charge < -0.3 is 15.5 Å². The maximum Gasteiger partial charge on any atom is 0.321 e. The summed E-state index contributed by atoms with van der Waals surface area (Å²) >= 11 is 0. The molecule has 6 nitrogen and oxygen atoms in total. The van der Waals surface area contributed by atoms with Crippen molar-refractivity contribution in [1.82, 2.24) is 15.1 Å². The summed E-state index contributed by atoms with van der Waals surface area (Å²) in [7, 11) is 0. The Morgan fingerprint density at radius 1 is 0.844 bits per heavy atom. The third kappa shape index (κ3) is 6.10. The molecule has 0 aliphatic carbocycles. The van der Waals surface area contributed by atoms with Crippen molar-refractivity contribution in [1.29, 1.82) is 0 Å². The highest BCUT2D eigenvalue weighted by atomic mass is 16.2. The van der Waals surface area contributed by atoms with Crippen LogP contribution in [0.1, 0.15) is 43.2 Å². The van der Waals surface area contributed by atoms with Gasteiger partial charge in [0, 0.05) is 31.9 Å². The van der Waals surface area contributed by atoms with Crippen LogP contribution in [-0.2, 0) is 17.9 Å². The molecule has 3 amide bonds. The minimum atomic E-state index is -0.167. The fourth-order valence-electron chi connectivity index (χ4n) is 4.67. The van der Waals surface area contributed by atoms with Gasteiger partial charge in [-0.15, -0.1) is 0 Å². The van der Waals surface area contributed by atoms with Gasteiger partial charge in [-0.3, -0.25) is 9.69 Å². The van der Waals surface area contributed by atoms with Gasteiger partial charge in [-0.05, 0) is 62.0 Å². The van der Waals surface area contributed by atoms with Crippen LogP contribution in [0.4, 0.5) is 10.5 Å². The van der Waals surface area contributed by atoms with E-state index in [-0.39, 0.29) is 17.9 Å². The number of amides is 3. The zero-order chi connectivity index (χ0) is 22.2. The monoisotopic (exact) mass is 434 g/mol. The average Bonchev–Trinajstić information content (AvgIpc) is 2.84. The molecule has 2 aromatic carbocycles. The maximum atomic E-state index is 12.9. The second-order valence-corrected chi connectivity index (χ2v) is 8.90. The summed E-state index contributed by atoms with van der Waals surface area (Å²) in [5, 5.41) is 6.07. The normalized spacial score (nSPS) is 19.4. The van der Waals surface area contributed by atoms with E-state index >= 15 is 0 Å². The Balaban J connectivity index is 1.30. The lowest BCUT2D eigenvalue weighted by Crippen LogP contribution is -2.46. The van der Waals surface area contributed by atoms with Gasteiger partial charge >= 0.3 is 6.03 Å². The van der Waals surface area contributed by atoms with E-state index in [2.05, 4.69) is 33.7 Å². The topological polar surface area (TPSA) is 64.7 Å². The zero-order valence-electron chi connectivity index (χ0n) is 18.8. The number of rotatable bonds is 6. The summed E-state index contributed by atoms with van der Waals surface area (Å²) < 4.78 is 0. The Kier molecular flexibility index (Phi) is 7.77. The number of hydrogen-bond donors (Lipinski definition) is 2. The molecule has 2 aliphatic heterocycles. The number of anilines is 1. The molecule has 2 heterocycles. The van der Waals surface area contributed by atoms with E-state index in [0.29, 0.717) is 19.6 Å². The molecular formula is C26H34N4O2. The van der Waals surface area contributed by atoms with Crippen LogP contribution in [0.15, 0.2) is 54.6 Å². The molecule has 4 rings (SSSR count). The molecule has 1 atom stereocenters. The summed E-state index contributed by atoms with van der Waals surface area (Å²) in [5.74, 6) is -0.130. The molecule has 6 heteroatoms. The summed E-state index contributed by atoms with van der Waals surface area (Å²) in [6, 6.07) is 17.7. The molecule has 0 bridgehead atoms. The molecule has 2 aliphatic rings. The van der Waals surface area contributed by atoms with Crippen LogP contribution < -0.4 is 10.6 Å². The number of para-hydroxylation sites is 1. The van der Waals surface area contributed by atoms with Gasteiger partial charge in [0.1, 0.15) is 0 Å². The molecule has 2 fully saturated rings. The van der Waals surface area contributed by atoms with Crippen LogP contribution >= 0.6 is 0 Å². The van der Waals surface area contributed by atoms with E-state index in [1.54, 1.807) is 4.90 Å². The minimum Gasteiger partial charge on any atom is -0.352 e. The lowest BCUT2D eigenvalue weighted by atomic mass is 9.97. The fraction of sp³-hybridized carbons (Fsp3) is 0.462. The quantitative estimate of drug-likeness (QED) is 0.715. The van der Waals surface area contributed by atoms with Crippen molar-refractivity contribution in [2.45, 2.75) is 45.2 Å². The molecular weight excluding hydrogens is 400 g/mol. The van der Waals surface area contributed by atoms with Crippen LogP contribution in [-0.4, -0.2) is 47.9 Å². The number of carbonyl (C=O) groups excluding carboxylic acids is 2. The van der Waals surface area contributed by atoms with Gasteiger partial charge in [0.05, 0.1) is 5.92 Å². The Bertz CT molecular complexity index is 896. The SMILES string of the molecule is O=C(NCc1ccccc1CN1CCCCC1)[C@@H]1CCCN(C(=O)Nc2ccccc2)C1. The summed E-state index contributed by atoms with van der Waals surface area (Å²) in [6.07, 6.45) is 5.53. The number of nitrogens with zero attached hydrogens (tertiary/aromatic N) is 2. The van der Waals surface area contributed by atoms with Crippen molar-refractivity contribution in [3.8, 4) is 0 Å². The summed E-state index contributed by atoms with van der Waals surface area (Å²) in [5.41, 5.74) is 3.25. The van der Waals surface area contributed by atoms with E-state index in [4.69, 9.17) is 0 Å². The Morgan fingerprint density at radius 2 is 1.56 bits per heavy atom. The maximum absolute atomic E-state index is 12.9.